The number of hydrogen-bond acceptors (Lipinski definition) is 6. The van der Waals surface area contributed by atoms with Gasteiger partial charge in [0.1, 0.15) is 0 Å². The number of benzene rings is 1. The Labute approximate surface area is 135 Å². The quantitative estimate of drug-likeness (QED) is 0.727. The van der Waals surface area contributed by atoms with Gasteiger partial charge in [-0.2, -0.15) is 9.50 Å². The van der Waals surface area contributed by atoms with Crippen LogP contribution in [0, 0.1) is 13.8 Å². The highest BCUT2D eigenvalue weighted by Crippen LogP contribution is 2.32. The zero-order valence-corrected chi connectivity index (χ0v) is 12.9. The van der Waals surface area contributed by atoms with Crippen molar-refractivity contribution in [2.75, 3.05) is 12.1 Å². The van der Waals surface area contributed by atoms with Crippen LogP contribution in [0.5, 0.6) is 11.5 Å². The maximum Gasteiger partial charge on any atom is 0.277 e. The molecule has 0 saturated carbocycles. The average molecular weight is 327 g/mol. The van der Waals surface area contributed by atoms with Gasteiger partial charge in [-0.15, -0.1) is 0 Å². The molecule has 2 aromatic heterocycles. The Kier molecular flexibility index (Phi) is 3.02. The van der Waals surface area contributed by atoms with Crippen molar-refractivity contribution in [2.45, 2.75) is 13.8 Å². The minimum absolute atomic E-state index is 0.132. The van der Waals surface area contributed by atoms with Gasteiger partial charge in [-0.25, -0.2) is 4.98 Å². The second-order valence-electron chi connectivity index (χ2n) is 5.36. The lowest BCUT2D eigenvalue weighted by Crippen LogP contribution is -2.19. The van der Waals surface area contributed by atoms with Crippen LogP contribution in [0.1, 0.15) is 21.6 Å². The van der Waals surface area contributed by atoms with Gasteiger partial charge in [0.05, 0.1) is 0 Å². The molecule has 1 amide bonds. The Morgan fingerprint density at radius 3 is 2.88 bits per heavy atom. The summed E-state index contributed by atoms with van der Waals surface area (Å²) in [4.78, 5) is 32.8. The van der Waals surface area contributed by atoms with Crippen molar-refractivity contribution >= 4 is 17.6 Å². The molecule has 24 heavy (non-hydrogen) atoms. The van der Waals surface area contributed by atoms with Crippen LogP contribution in [0.3, 0.4) is 0 Å². The normalized spacial score (nSPS) is 12.6. The molecule has 1 aromatic carbocycles. The Hall–Kier alpha value is -3.36. The minimum atomic E-state index is -0.395. The first kappa shape index (κ1) is 14.2. The summed E-state index contributed by atoms with van der Waals surface area (Å²) in [6, 6.07) is 4.86. The average Bonchev–Trinajstić information content (AvgIpc) is 3.18. The highest BCUT2D eigenvalue weighted by atomic mass is 16.7. The van der Waals surface area contributed by atoms with Crippen molar-refractivity contribution in [3.8, 4) is 11.5 Å². The lowest BCUT2D eigenvalue weighted by Gasteiger charge is -2.02. The van der Waals surface area contributed by atoms with Crippen molar-refractivity contribution in [1.82, 2.24) is 19.6 Å². The van der Waals surface area contributed by atoms with Crippen LogP contribution < -0.4 is 20.3 Å². The summed E-state index contributed by atoms with van der Waals surface area (Å²) < 4.78 is 11.6. The number of carbonyl (C=O) groups excluding carboxylic acids is 1. The lowest BCUT2D eigenvalue weighted by atomic mass is 10.2. The highest BCUT2D eigenvalue weighted by Gasteiger charge is 2.17. The fourth-order valence-electron chi connectivity index (χ4n) is 2.38. The number of carbonyl (C=O) groups is 1. The molecular weight excluding hydrogens is 314 g/mol. The number of aromatic nitrogens is 4. The van der Waals surface area contributed by atoms with Gasteiger partial charge in [0, 0.05) is 16.8 Å². The van der Waals surface area contributed by atoms with Crippen molar-refractivity contribution in [3.05, 3.63) is 45.4 Å². The number of H-pyrrole nitrogens is 1. The third-order valence-electron chi connectivity index (χ3n) is 3.83. The zero-order valence-electron chi connectivity index (χ0n) is 12.9. The van der Waals surface area contributed by atoms with E-state index in [-0.39, 0.29) is 24.1 Å². The number of amides is 1. The second kappa shape index (κ2) is 5.08. The minimum Gasteiger partial charge on any atom is -0.454 e. The molecule has 122 valence electrons. The number of anilines is 1. The fraction of sp³-hybridized carbons (Fsp3) is 0.200. The van der Waals surface area contributed by atoms with E-state index in [0.717, 1.165) is 0 Å². The van der Waals surface area contributed by atoms with E-state index in [2.05, 4.69) is 20.4 Å². The van der Waals surface area contributed by atoms with E-state index < -0.39 is 5.91 Å². The first-order valence-corrected chi connectivity index (χ1v) is 7.20. The molecule has 9 nitrogen and oxygen atoms in total. The van der Waals surface area contributed by atoms with Crippen LogP contribution >= 0.6 is 0 Å². The van der Waals surface area contributed by atoms with Gasteiger partial charge >= 0.3 is 0 Å². The lowest BCUT2D eigenvalue weighted by molar-refractivity contribution is 0.102. The van der Waals surface area contributed by atoms with E-state index in [9.17, 15) is 9.59 Å². The van der Waals surface area contributed by atoms with E-state index in [1.807, 2.05) is 0 Å². The summed E-state index contributed by atoms with van der Waals surface area (Å²) in [5.41, 5.74) is 1.24. The summed E-state index contributed by atoms with van der Waals surface area (Å²) in [5.74, 6) is 1.04. The smallest absolute Gasteiger partial charge is 0.277 e. The SMILES string of the molecule is Cc1nc2nc(NC(=O)c3ccc4c(c3)OCO4)[nH]n2c(=O)c1C. The van der Waals surface area contributed by atoms with Crippen molar-refractivity contribution in [1.29, 1.82) is 0 Å². The van der Waals surface area contributed by atoms with Gasteiger partial charge in [-0.3, -0.25) is 20.0 Å². The second-order valence-corrected chi connectivity index (χ2v) is 5.36. The summed E-state index contributed by atoms with van der Waals surface area (Å²) >= 11 is 0. The van der Waals surface area contributed by atoms with E-state index in [4.69, 9.17) is 9.47 Å². The summed E-state index contributed by atoms with van der Waals surface area (Å²) in [5, 5.41) is 5.33. The van der Waals surface area contributed by atoms with E-state index in [1.165, 1.54) is 4.52 Å². The molecule has 9 heteroatoms. The third-order valence-corrected chi connectivity index (χ3v) is 3.83. The molecule has 1 aliphatic heterocycles. The Morgan fingerprint density at radius 1 is 1.25 bits per heavy atom. The van der Waals surface area contributed by atoms with Crippen LogP contribution in [-0.2, 0) is 0 Å². The van der Waals surface area contributed by atoms with Crippen LogP contribution in [0.25, 0.3) is 5.78 Å². The molecular formula is C15H13N5O4. The van der Waals surface area contributed by atoms with Crippen LogP contribution in [0.4, 0.5) is 5.95 Å². The Morgan fingerprint density at radius 2 is 2.04 bits per heavy atom. The molecule has 0 aliphatic carbocycles. The monoisotopic (exact) mass is 327 g/mol. The Balaban J connectivity index is 1.65. The number of hydrogen-bond donors (Lipinski definition) is 2. The van der Waals surface area contributed by atoms with Gasteiger partial charge in [0.2, 0.25) is 12.7 Å². The van der Waals surface area contributed by atoms with E-state index >= 15 is 0 Å². The predicted molar refractivity (Wildman–Crippen MR) is 83.6 cm³/mol. The highest BCUT2D eigenvalue weighted by molar-refractivity contribution is 6.03. The number of nitrogens with one attached hydrogen (secondary N) is 2. The summed E-state index contributed by atoms with van der Waals surface area (Å²) in [6.45, 7) is 3.55. The van der Waals surface area contributed by atoms with Crippen LogP contribution in [-0.4, -0.2) is 32.3 Å². The molecule has 0 saturated heterocycles. The largest absolute Gasteiger partial charge is 0.454 e. The van der Waals surface area contributed by atoms with E-state index in [1.54, 1.807) is 32.0 Å². The van der Waals surface area contributed by atoms with Crippen molar-refractivity contribution in [3.63, 3.8) is 0 Å². The van der Waals surface area contributed by atoms with Gasteiger partial charge < -0.3 is 9.47 Å². The summed E-state index contributed by atoms with van der Waals surface area (Å²) in [7, 11) is 0. The van der Waals surface area contributed by atoms with Crippen LogP contribution in [0.2, 0.25) is 0 Å². The van der Waals surface area contributed by atoms with E-state index in [0.29, 0.717) is 28.3 Å². The molecule has 4 rings (SSSR count). The molecule has 3 aromatic rings. The number of aryl methyl sites for hydroxylation is 1. The number of rotatable bonds is 2. The van der Waals surface area contributed by atoms with Crippen LogP contribution in [0.15, 0.2) is 23.0 Å². The van der Waals surface area contributed by atoms with Crippen molar-refractivity contribution < 1.29 is 14.3 Å². The molecule has 0 radical (unpaired) electrons. The summed E-state index contributed by atoms with van der Waals surface area (Å²) in [6.07, 6.45) is 0. The maximum absolute atomic E-state index is 12.3. The topological polar surface area (TPSA) is 111 Å². The first-order chi connectivity index (χ1) is 11.5. The molecule has 0 spiro atoms. The van der Waals surface area contributed by atoms with Crippen molar-refractivity contribution in [2.24, 2.45) is 0 Å². The number of nitrogens with zero attached hydrogens (tertiary/aromatic N) is 3. The van der Waals surface area contributed by atoms with Gasteiger partial charge in [-0.05, 0) is 32.0 Å². The van der Waals surface area contributed by atoms with Gasteiger partial charge in [0.15, 0.2) is 11.5 Å². The first-order valence-electron chi connectivity index (χ1n) is 7.20. The molecule has 2 N–H and O–H groups in total. The predicted octanol–water partition coefficient (Wildman–Crippen LogP) is 1.02. The molecule has 0 atom stereocenters. The molecule has 0 fully saturated rings. The fourth-order valence-corrected chi connectivity index (χ4v) is 2.38. The third kappa shape index (κ3) is 2.18. The number of ether oxygens (including phenoxy) is 2. The Bertz CT molecular complexity index is 1040. The molecule has 0 unspecified atom stereocenters. The molecule has 0 bridgehead atoms. The van der Waals surface area contributed by atoms with Gasteiger partial charge in [-0.1, -0.05) is 0 Å². The number of aromatic amines is 1. The number of fused-ring (bicyclic) bond motifs is 2. The van der Waals surface area contributed by atoms with Gasteiger partial charge in [0.25, 0.3) is 17.2 Å². The molecule has 3 heterocycles. The maximum atomic E-state index is 12.3. The standard InChI is InChI=1S/C15H13N5O4/c1-7-8(2)16-15-18-14(19-20(15)13(7)22)17-12(21)9-3-4-10-11(5-9)24-6-23-10/h3-5H,6H2,1-2H3,(H2,16,17,18,19,21). The zero-order chi connectivity index (χ0) is 16.8. The molecule has 1 aliphatic rings.